The molecule has 0 spiro atoms. The summed E-state index contributed by atoms with van der Waals surface area (Å²) in [5, 5.41) is 0. The molecule has 2 rings (SSSR count). The van der Waals surface area contributed by atoms with E-state index in [9.17, 15) is 0 Å². The number of nitrogens with two attached hydrogens (primary N) is 1. The van der Waals surface area contributed by atoms with E-state index in [4.69, 9.17) is 10.2 Å². The maximum Gasteiger partial charge on any atom is 0.118 e. The fourth-order valence-electron chi connectivity index (χ4n) is 2.76. The van der Waals surface area contributed by atoms with Crippen molar-refractivity contribution in [1.29, 1.82) is 0 Å². The third-order valence-corrected chi connectivity index (χ3v) is 3.89. The SMILES string of the molecule is Cc1oc(CN)cc1CN(C)C1CCCCC1. The molecule has 0 atom stereocenters. The van der Waals surface area contributed by atoms with Crippen LogP contribution in [0.2, 0.25) is 0 Å². The lowest BCUT2D eigenvalue weighted by molar-refractivity contribution is 0.184. The van der Waals surface area contributed by atoms with Crippen LogP contribution < -0.4 is 5.73 Å². The van der Waals surface area contributed by atoms with Gasteiger partial charge in [0.2, 0.25) is 0 Å². The molecule has 1 aromatic heterocycles. The van der Waals surface area contributed by atoms with Crippen LogP contribution in [-0.4, -0.2) is 18.0 Å². The molecule has 1 saturated carbocycles. The van der Waals surface area contributed by atoms with Gasteiger partial charge in [0.25, 0.3) is 0 Å². The summed E-state index contributed by atoms with van der Waals surface area (Å²) in [7, 11) is 2.23. The summed E-state index contributed by atoms with van der Waals surface area (Å²) in [5.41, 5.74) is 6.89. The topological polar surface area (TPSA) is 42.4 Å². The van der Waals surface area contributed by atoms with Crippen molar-refractivity contribution in [1.82, 2.24) is 4.90 Å². The first-order valence-corrected chi connectivity index (χ1v) is 6.69. The van der Waals surface area contributed by atoms with Crippen molar-refractivity contribution >= 4 is 0 Å². The van der Waals surface area contributed by atoms with Crippen molar-refractivity contribution in [3.05, 3.63) is 23.2 Å². The summed E-state index contributed by atoms with van der Waals surface area (Å²) < 4.78 is 5.60. The normalized spacial score (nSPS) is 17.9. The minimum Gasteiger partial charge on any atom is -0.465 e. The quantitative estimate of drug-likeness (QED) is 0.874. The fourth-order valence-corrected chi connectivity index (χ4v) is 2.76. The number of hydrogen-bond donors (Lipinski definition) is 1. The van der Waals surface area contributed by atoms with Crippen LogP contribution in [0, 0.1) is 6.92 Å². The third-order valence-electron chi connectivity index (χ3n) is 3.89. The molecule has 96 valence electrons. The Labute approximate surface area is 104 Å². The first-order chi connectivity index (χ1) is 8.20. The Kier molecular flexibility index (Phi) is 4.24. The Bertz CT molecular complexity index is 353. The number of aryl methyl sites for hydroxylation is 1. The molecule has 2 N–H and O–H groups in total. The highest BCUT2D eigenvalue weighted by molar-refractivity contribution is 5.20. The van der Waals surface area contributed by atoms with E-state index in [2.05, 4.69) is 18.0 Å². The van der Waals surface area contributed by atoms with Gasteiger partial charge >= 0.3 is 0 Å². The molecule has 3 heteroatoms. The first kappa shape index (κ1) is 12.7. The average molecular weight is 236 g/mol. The maximum absolute atomic E-state index is 5.60. The van der Waals surface area contributed by atoms with Gasteiger partial charge in [-0.05, 0) is 32.9 Å². The highest BCUT2D eigenvalue weighted by Crippen LogP contribution is 2.24. The second kappa shape index (κ2) is 5.69. The zero-order chi connectivity index (χ0) is 12.3. The van der Waals surface area contributed by atoms with Gasteiger partial charge in [0.1, 0.15) is 11.5 Å². The summed E-state index contributed by atoms with van der Waals surface area (Å²) >= 11 is 0. The van der Waals surface area contributed by atoms with Crippen molar-refractivity contribution < 1.29 is 4.42 Å². The Hall–Kier alpha value is -0.800. The van der Waals surface area contributed by atoms with Crippen LogP contribution in [0.1, 0.15) is 49.2 Å². The van der Waals surface area contributed by atoms with Crippen LogP contribution in [0.25, 0.3) is 0 Å². The van der Waals surface area contributed by atoms with Gasteiger partial charge in [-0.3, -0.25) is 4.90 Å². The second-order valence-electron chi connectivity index (χ2n) is 5.21. The predicted octanol–water partition coefficient (Wildman–Crippen LogP) is 2.81. The van der Waals surface area contributed by atoms with Gasteiger partial charge in [-0.15, -0.1) is 0 Å². The highest BCUT2D eigenvalue weighted by atomic mass is 16.3. The molecule has 0 bridgehead atoms. The molecule has 0 unspecified atom stereocenters. The van der Waals surface area contributed by atoms with Crippen LogP contribution in [0.4, 0.5) is 0 Å². The minimum absolute atomic E-state index is 0.494. The van der Waals surface area contributed by atoms with E-state index >= 15 is 0 Å². The standard InChI is InChI=1S/C14H24N2O/c1-11-12(8-14(9-15)17-11)10-16(2)13-6-4-3-5-7-13/h8,13H,3-7,9-10,15H2,1-2H3. The summed E-state index contributed by atoms with van der Waals surface area (Å²) in [5.74, 6) is 1.92. The molecule has 0 radical (unpaired) electrons. The lowest BCUT2D eigenvalue weighted by Gasteiger charge is -2.30. The Morgan fingerprint density at radius 1 is 1.35 bits per heavy atom. The summed E-state index contributed by atoms with van der Waals surface area (Å²) in [6, 6.07) is 2.86. The second-order valence-corrected chi connectivity index (χ2v) is 5.21. The molecular formula is C14H24N2O. The van der Waals surface area contributed by atoms with E-state index in [0.29, 0.717) is 6.54 Å². The molecule has 3 nitrogen and oxygen atoms in total. The first-order valence-electron chi connectivity index (χ1n) is 6.69. The van der Waals surface area contributed by atoms with E-state index in [-0.39, 0.29) is 0 Å². The minimum atomic E-state index is 0.494. The lowest BCUT2D eigenvalue weighted by atomic mass is 9.94. The zero-order valence-corrected chi connectivity index (χ0v) is 11.0. The Morgan fingerprint density at radius 3 is 2.65 bits per heavy atom. The van der Waals surface area contributed by atoms with E-state index in [1.54, 1.807) is 0 Å². The van der Waals surface area contributed by atoms with Crippen molar-refractivity contribution in [3.8, 4) is 0 Å². The third kappa shape index (κ3) is 3.11. The molecule has 1 aliphatic carbocycles. The van der Waals surface area contributed by atoms with Gasteiger partial charge in [-0.1, -0.05) is 19.3 Å². The molecule has 0 aliphatic heterocycles. The van der Waals surface area contributed by atoms with Crippen LogP contribution in [0.5, 0.6) is 0 Å². The van der Waals surface area contributed by atoms with Crippen LogP contribution in [-0.2, 0) is 13.1 Å². The van der Waals surface area contributed by atoms with Crippen LogP contribution >= 0.6 is 0 Å². The van der Waals surface area contributed by atoms with Gasteiger partial charge in [-0.2, -0.15) is 0 Å². The van der Waals surface area contributed by atoms with Gasteiger partial charge in [0, 0.05) is 18.2 Å². The molecule has 17 heavy (non-hydrogen) atoms. The number of furan rings is 1. The number of nitrogens with zero attached hydrogens (tertiary/aromatic N) is 1. The van der Waals surface area contributed by atoms with E-state index in [1.165, 1.54) is 37.7 Å². The Morgan fingerprint density at radius 2 is 2.06 bits per heavy atom. The predicted molar refractivity (Wildman–Crippen MR) is 69.7 cm³/mol. The summed E-state index contributed by atoms with van der Waals surface area (Å²) in [6.07, 6.45) is 6.86. The van der Waals surface area contributed by atoms with E-state index in [0.717, 1.165) is 24.1 Å². The van der Waals surface area contributed by atoms with Crippen molar-refractivity contribution in [2.45, 2.75) is 58.2 Å². The van der Waals surface area contributed by atoms with Gasteiger partial charge in [-0.25, -0.2) is 0 Å². The highest BCUT2D eigenvalue weighted by Gasteiger charge is 2.19. The monoisotopic (exact) mass is 236 g/mol. The zero-order valence-electron chi connectivity index (χ0n) is 11.0. The van der Waals surface area contributed by atoms with Gasteiger partial charge in [0.05, 0.1) is 6.54 Å². The molecule has 0 aromatic carbocycles. The Balaban J connectivity index is 1.96. The lowest BCUT2D eigenvalue weighted by Crippen LogP contribution is -2.32. The maximum atomic E-state index is 5.60. The molecular weight excluding hydrogens is 212 g/mol. The van der Waals surface area contributed by atoms with Crippen molar-refractivity contribution in [3.63, 3.8) is 0 Å². The number of hydrogen-bond acceptors (Lipinski definition) is 3. The van der Waals surface area contributed by atoms with Crippen LogP contribution in [0.3, 0.4) is 0 Å². The fraction of sp³-hybridized carbons (Fsp3) is 0.714. The molecule has 1 fully saturated rings. The molecule has 0 saturated heterocycles. The van der Waals surface area contributed by atoms with E-state index < -0.39 is 0 Å². The molecule has 0 amide bonds. The summed E-state index contributed by atoms with van der Waals surface area (Å²) in [4.78, 5) is 2.47. The van der Waals surface area contributed by atoms with Gasteiger partial charge in [0.15, 0.2) is 0 Å². The molecule has 1 heterocycles. The summed E-state index contributed by atoms with van der Waals surface area (Å²) in [6.45, 7) is 3.51. The van der Waals surface area contributed by atoms with Crippen LogP contribution in [0.15, 0.2) is 10.5 Å². The largest absolute Gasteiger partial charge is 0.465 e. The van der Waals surface area contributed by atoms with Crippen molar-refractivity contribution in [2.24, 2.45) is 5.73 Å². The smallest absolute Gasteiger partial charge is 0.118 e. The molecule has 1 aromatic rings. The van der Waals surface area contributed by atoms with E-state index in [1.807, 2.05) is 6.92 Å². The van der Waals surface area contributed by atoms with Crippen molar-refractivity contribution in [2.75, 3.05) is 7.05 Å². The average Bonchev–Trinajstić information content (AvgIpc) is 2.71. The van der Waals surface area contributed by atoms with Gasteiger partial charge < -0.3 is 10.2 Å². The number of rotatable bonds is 4. The molecule has 1 aliphatic rings.